The molecule has 7 nitrogen and oxygen atoms in total. The van der Waals surface area contributed by atoms with Crippen LogP contribution in [0, 0.1) is 0 Å². The summed E-state index contributed by atoms with van der Waals surface area (Å²) in [4.78, 5) is 33.0. The zero-order valence-electron chi connectivity index (χ0n) is 17.2. The molecule has 1 atom stereocenters. The first-order chi connectivity index (χ1) is 15.5. The van der Waals surface area contributed by atoms with E-state index in [0.29, 0.717) is 33.8 Å². The second-order valence-corrected chi connectivity index (χ2v) is 8.11. The molecule has 2 aromatic heterocycles. The van der Waals surface area contributed by atoms with Gasteiger partial charge in [0.1, 0.15) is 11.4 Å². The van der Waals surface area contributed by atoms with E-state index in [-0.39, 0.29) is 16.8 Å². The number of hydrogen-bond donors (Lipinski definition) is 0. The molecule has 8 heteroatoms. The van der Waals surface area contributed by atoms with E-state index in [1.54, 1.807) is 67.9 Å². The van der Waals surface area contributed by atoms with Gasteiger partial charge in [-0.1, -0.05) is 28.1 Å². The van der Waals surface area contributed by atoms with Crippen LogP contribution in [0.5, 0.6) is 11.5 Å². The molecule has 3 heterocycles. The Labute approximate surface area is 191 Å². The summed E-state index contributed by atoms with van der Waals surface area (Å²) in [5.41, 5.74) is 1.01. The Balaban J connectivity index is 1.82. The van der Waals surface area contributed by atoms with Crippen molar-refractivity contribution in [3.05, 3.63) is 92.4 Å². The fraction of sp³-hybridized carbons (Fsp3) is 0.125. The van der Waals surface area contributed by atoms with E-state index in [1.807, 2.05) is 0 Å². The average Bonchev–Trinajstić information content (AvgIpc) is 3.12. The molecule has 1 amide bonds. The van der Waals surface area contributed by atoms with Crippen LogP contribution in [-0.2, 0) is 0 Å². The first kappa shape index (κ1) is 20.3. The number of benzene rings is 2. The van der Waals surface area contributed by atoms with Gasteiger partial charge in [0.15, 0.2) is 16.9 Å². The van der Waals surface area contributed by atoms with Crippen molar-refractivity contribution in [2.24, 2.45) is 0 Å². The van der Waals surface area contributed by atoms with Crippen LogP contribution in [0.3, 0.4) is 0 Å². The van der Waals surface area contributed by atoms with Gasteiger partial charge in [0.05, 0.1) is 31.2 Å². The molecule has 0 N–H and O–H groups in total. The normalized spacial score (nSPS) is 15.2. The van der Waals surface area contributed by atoms with E-state index in [1.165, 1.54) is 12.0 Å². The summed E-state index contributed by atoms with van der Waals surface area (Å²) < 4.78 is 17.5. The van der Waals surface area contributed by atoms with E-state index in [2.05, 4.69) is 20.9 Å². The molecule has 0 bridgehead atoms. The number of pyridine rings is 1. The molecule has 4 aromatic rings. The van der Waals surface area contributed by atoms with Gasteiger partial charge in [-0.3, -0.25) is 14.5 Å². The van der Waals surface area contributed by atoms with Crippen LogP contribution in [0.15, 0.2) is 74.5 Å². The number of fused-ring (bicyclic) bond motifs is 2. The van der Waals surface area contributed by atoms with Gasteiger partial charge in [0.25, 0.3) is 5.91 Å². The Kier molecular flexibility index (Phi) is 4.94. The van der Waals surface area contributed by atoms with E-state index in [4.69, 9.17) is 13.9 Å². The number of carbonyl (C=O) groups excluding carboxylic acids is 1. The molecule has 160 valence electrons. The number of rotatable bonds is 4. The quantitative estimate of drug-likeness (QED) is 0.410. The molecule has 1 aliphatic heterocycles. The Morgan fingerprint density at radius 3 is 2.53 bits per heavy atom. The topological polar surface area (TPSA) is 81.9 Å². The minimum Gasteiger partial charge on any atom is -0.493 e. The fourth-order valence-corrected chi connectivity index (χ4v) is 4.38. The van der Waals surface area contributed by atoms with Crippen molar-refractivity contribution in [2.45, 2.75) is 6.04 Å². The summed E-state index contributed by atoms with van der Waals surface area (Å²) in [7, 11) is 3.08. The third-order valence-electron chi connectivity index (χ3n) is 5.45. The molecule has 5 rings (SSSR count). The first-order valence-electron chi connectivity index (χ1n) is 9.76. The highest BCUT2D eigenvalue weighted by atomic mass is 79.9. The molecule has 1 aliphatic rings. The molecule has 0 spiro atoms. The summed E-state index contributed by atoms with van der Waals surface area (Å²) >= 11 is 3.40. The second-order valence-electron chi connectivity index (χ2n) is 7.19. The van der Waals surface area contributed by atoms with Crippen LogP contribution in [-0.4, -0.2) is 25.1 Å². The number of nitrogens with zero attached hydrogens (tertiary/aromatic N) is 2. The first-order valence-corrected chi connectivity index (χ1v) is 10.6. The Morgan fingerprint density at radius 2 is 1.81 bits per heavy atom. The average molecular weight is 493 g/mol. The number of ether oxygens (including phenoxy) is 2. The van der Waals surface area contributed by atoms with Gasteiger partial charge in [0, 0.05) is 10.7 Å². The maximum absolute atomic E-state index is 13.6. The third-order valence-corrected chi connectivity index (χ3v) is 5.94. The largest absolute Gasteiger partial charge is 0.493 e. The second kappa shape index (κ2) is 7.80. The van der Waals surface area contributed by atoms with Crippen molar-refractivity contribution in [3.8, 4) is 11.5 Å². The molecule has 0 aliphatic carbocycles. The lowest BCUT2D eigenvalue weighted by atomic mass is 9.98. The van der Waals surface area contributed by atoms with Gasteiger partial charge >= 0.3 is 0 Å². The van der Waals surface area contributed by atoms with Gasteiger partial charge in [0.2, 0.25) is 5.76 Å². The number of carbonyl (C=O) groups is 1. The summed E-state index contributed by atoms with van der Waals surface area (Å²) in [6.45, 7) is 0. The number of hydrogen-bond acceptors (Lipinski definition) is 6. The van der Waals surface area contributed by atoms with Crippen molar-refractivity contribution in [1.29, 1.82) is 0 Å². The van der Waals surface area contributed by atoms with Gasteiger partial charge in [-0.25, -0.2) is 4.98 Å². The van der Waals surface area contributed by atoms with Crippen LogP contribution in [0.2, 0.25) is 0 Å². The van der Waals surface area contributed by atoms with Gasteiger partial charge in [-0.15, -0.1) is 0 Å². The van der Waals surface area contributed by atoms with Crippen LogP contribution in [0.25, 0.3) is 11.0 Å². The maximum atomic E-state index is 13.6. The smallest absolute Gasteiger partial charge is 0.296 e. The molecule has 0 saturated carbocycles. The molecule has 0 saturated heterocycles. The van der Waals surface area contributed by atoms with Crippen LogP contribution < -0.4 is 19.8 Å². The highest BCUT2D eigenvalue weighted by molar-refractivity contribution is 9.10. The number of anilines is 1. The molecule has 32 heavy (non-hydrogen) atoms. The highest BCUT2D eigenvalue weighted by Gasteiger charge is 2.44. The zero-order chi connectivity index (χ0) is 22.4. The van der Waals surface area contributed by atoms with E-state index in [9.17, 15) is 9.59 Å². The van der Waals surface area contributed by atoms with Crippen molar-refractivity contribution in [1.82, 2.24) is 4.98 Å². The summed E-state index contributed by atoms with van der Waals surface area (Å²) in [5.74, 6) is 1.02. The number of halogens is 1. The van der Waals surface area contributed by atoms with E-state index in [0.717, 1.165) is 4.47 Å². The summed E-state index contributed by atoms with van der Waals surface area (Å²) in [6.07, 6.45) is 1.60. The molecule has 0 fully saturated rings. The van der Waals surface area contributed by atoms with Crippen LogP contribution >= 0.6 is 15.9 Å². The lowest BCUT2D eigenvalue weighted by molar-refractivity contribution is 0.0970. The Morgan fingerprint density at radius 1 is 1.00 bits per heavy atom. The molecular formula is C24H17BrN2O5. The lowest BCUT2D eigenvalue weighted by Gasteiger charge is -2.24. The van der Waals surface area contributed by atoms with E-state index >= 15 is 0 Å². The van der Waals surface area contributed by atoms with Crippen molar-refractivity contribution >= 4 is 38.6 Å². The predicted octanol–water partition coefficient (Wildman–Crippen LogP) is 4.72. The third kappa shape index (κ3) is 3.06. The molecule has 1 unspecified atom stereocenters. The number of methoxy groups -OCH3 is 2. The summed E-state index contributed by atoms with van der Waals surface area (Å²) in [6, 6.07) is 15.0. The van der Waals surface area contributed by atoms with Crippen molar-refractivity contribution in [2.75, 3.05) is 19.1 Å². The predicted molar refractivity (Wildman–Crippen MR) is 123 cm³/mol. The van der Waals surface area contributed by atoms with Crippen molar-refractivity contribution in [3.63, 3.8) is 0 Å². The van der Waals surface area contributed by atoms with Crippen LogP contribution in [0.1, 0.15) is 27.7 Å². The van der Waals surface area contributed by atoms with Crippen LogP contribution in [0.4, 0.5) is 5.82 Å². The maximum Gasteiger partial charge on any atom is 0.296 e. The highest BCUT2D eigenvalue weighted by Crippen LogP contribution is 2.42. The lowest BCUT2D eigenvalue weighted by Crippen LogP contribution is -2.30. The fourth-order valence-electron chi connectivity index (χ4n) is 4.02. The number of amides is 1. The minimum atomic E-state index is -0.744. The Hall–Kier alpha value is -3.65. The molecule has 0 radical (unpaired) electrons. The Bertz CT molecular complexity index is 1420. The molecule has 2 aromatic carbocycles. The number of aromatic nitrogens is 1. The zero-order valence-corrected chi connectivity index (χ0v) is 18.8. The summed E-state index contributed by atoms with van der Waals surface area (Å²) in [5, 5.41) is 0.388. The van der Waals surface area contributed by atoms with E-state index < -0.39 is 11.9 Å². The SMILES string of the molecule is COc1ccc(C2c3c(oc4ccc(Br)cc4c3=O)C(=O)N2c2ccccn2)cc1OC. The van der Waals surface area contributed by atoms with Crippen molar-refractivity contribution < 1.29 is 18.7 Å². The monoisotopic (exact) mass is 492 g/mol. The van der Waals surface area contributed by atoms with Gasteiger partial charge in [-0.2, -0.15) is 0 Å². The minimum absolute atomic E-state index is 0.00950. The molecular weight excluding hydrogens is 476 g/mol. The standard InChI is InChI=1S/C24H17BrN2O5/c1-30-17-8-6-13(11-18(17)31-2)21-20-22(28)15-12-14(25)7-9-16(15)32-23(20)24(29)27(21)19-5-3-4-10-26-19/h3-12,21H,1-2H3. The van der Waals surface area contributed by atoms with Gasteiger partial charge in [-0.05, 0) is 48.0 Å². The van der Waals surface area contributed by atoms with Gasteiger partial charge < -0.3 is 13.9 Å².